The normalized spacial score (nSPS) is 16.6. The van der Waals surface area contributed by atoms with Crippen LogP contribution in [0.5, 0.6) is 11.5 Å². The number of hydrogen-bond acceptors (Lipinski definition) is 5. The number of para-hydroxylation sites is 2. The maximum atomic E-state index is 13.9. The first kappa shape index (κ1) is 24.9. The van der Waals surface area contributed by atoms with Gasteiger partial charge in [0.25, 0.3) is 0 Å². The average molecular weight is 491 g/mol. The highest BCUT2D eigenvalue weighted by Crippen LogP contribution is 2.39. The summed E-state index contributed by atoms with van der Waals surface area (Å²) in [5.41, 5.74) is 0.860. The van der Waals surface area contributed by atoms with Crippen molar-refractivity contribution in [2.24, 2.45) is 0 Å². The summed E-state index contributed by atoms with van der Waals surface area (Å²) in [6, 6.07) is 22.1. The molecular formula is C27H30N4O5. The average Bonchev–Trinajstić information content (AvgIpc) is 3.09. The van der Waals surface area contributed by atoms with Gasteiger partial charge in [0.2, 0.25) is 0 Å². The lowest BCUT2D eigenvalue weighted by molar-refractivity contribution is -0.0954. The number of amides is 4. The molecule has 0 saturated carbocycles. The molecule has 1 heterocycles. The topological polar surface area (TPSA) is 94.6 Å². The number of hydrogen-bond donors (Lipinski definition) is 2. The second-order valence-corrected chi connectivity index (χ2v) is 8.96. The van der Waals surface area contributed by atoms with Crippen LogP contribution in [0.3, 0.4) is 0 Å². The molecule has 1 aliphatic heterocycles. The van der Waals surface area contributed by atoms with Gasteiger partial charge in [-0.2, -0.15) is 5.06 Å². The fraction of sp³-hybridized carbons (Fsp3) is 0.259. The first-order valence-electron chi connectivity index (χ1n) is 11.5. The number of carbonyl (C=O) groups excluding carboxylic acids is 2. The maximum Gasteiger partial charge on any atom is 0.347 e. The minimum absolute atomic E-state index is 0.202. The van der Waals surface area contributed by atoms with Gasteiger partial charge in [-0.05, 0) is 55.8 Å². The highest BCUT2D eigenvalue weighted by Gasteiger charge is 2.56. The number of methoxy groups -OCH3 is 2. The van der Waals surface area contributed by atoms with Crippen LogP contribution in [0.2, 0.25) is 0 Å². The van der Waals surface area contributed by atoms with Crippen LogP contribution in [-0.4, -0.2) is 53.2 Å². The summed E-state index contributed by atoms with van der Waals surface area (Å²) in [6.07, 6.45) is -1.02. The summed E-state index contributed by atoms with van der Waals surface area (Å²) in [6.45, 7) is 3.83. The molecule has 1 fully saturated rings. The van der Waals surface area contributed by atoms with Crippen molar-refractivity contribution in [2.45, 2.75) is 32.1 Å². The summed E-state index contributed by atoms with van der Waals surface area (Å²) in [7, 11) is 3.12. The zero-order valence-electron chi connectivity index (χ0n) is 20.7. The first-order chi connectivity index (χ1) is 17.3. The second kappa shape index (κ2) is 10.2. The molecular weight excluding hydrogens is 460 g/mol. The monoisotopic (exact) mass is 490 g/mol. The number of benzene rings is 3. The minimum atomic E-state index is -1.02. The van der Waals surface area contributed by atoms with E-state index in [9.17, 15) is 14.8 Å². The van der Waals surface area contributed by atoms with Crippen molar-refractivity contribution in [1.82, 2.24) is 9.96 Å². The van der Waals surface area contributed by atoms with Crippen LogP contribution < -0.4 is 19.7 Å². The van der Waals surface area contributed by atoms with Crippen molar-refractivity contribution >= 4 is 23.4 Å². The van der Waals surface area contributed by atoms with Gasteiger partial charge in [-0.25, -0.2) is 9.59 Å². The van der Waals surface area contributed by atoms with Crippen molar-refractivity contribution in [3.8, 4) is 11.5 Å². The van der Waals surface area contributed by atoms with Crippen molar-refractivity contribution in [3.63, 3.8) is 0 Å². The summed E-state index contributed by atoms with van der Waals surface area (Å²) in [5, 5.41) is 14.4. The molecule has 1 aliphatic rings. The Morgan fingerprint density at radius 2 is 1.53 bits per heavy atom. The zero-order valence-corrected chi connectivity index (χ0v) is 20.7. The van der Waals surface area contributed by atoms with E-state index in [1.165, 1.54) is 4.90 Å². The summed E-state index contributed by atoms with van der Waals surface area (Å²) < 4.78 is 10.8. The Hall–Kier alpha value is -4.24. The molecule has 4 amide bonds. The predicted octanol–water partition coefficient (Wildman–Crippen LogP) is 5.17. The SMILES string of the molecule is COc1cc(CN2C(=O)N(c3ccccc3)[C@@H](N(O)C(=O)Nc3ccccc3)C2(C)C)cc(OC)c1. The molecule has 0 spiro atoms. The fourth-order valence-corrected chi connectivity index (χ4v) is 4.41. The number of urea groups is 2. The highest BCUT2D eigenvalue weighted by molar-refractivity contribution is 5.98. The first-order valence-corrected chi connectivity index (χ1v) is 11.5. The third kappa shape index (κ3) is 4.78. The Morgan fingerprint density at radius 3 is 2.08 bits per heavy atom. The van der Waals surface area contributed by atoms with Gasteiger partial charge >= 0.3 is 12.1 Å². The van der Waals surface area contributed by atoms with Crippen LogP contribution in [-0.2, 0) is 6.54 Å². The van der Waals surface area contributed by atoms with Gasteiger partial charge in [0, 0.05) is 24.0 Å². The standard InChI is InChI=1S/C27H30N4O5/c1-27(2)24(31(34)25(32)28-20-11-7-5-8-12-20)30(21-13-9-6-10-14-21)26(33)29(27)18-19-15-22(35-3)17-23(16-19)36-4/h5-17,24,34H,18H2,1-4H3,(H,28,32)/t24-/m0/s1. The van der Waals surface area contributed by atoms with Gasteiger partial charge in [0.15, 0.2) is 6.17 Å². The number of rotatable bonds is 7. The van der Waals surface area contributed by atoms with Crippen LogP contribution in [0.1, 0.15) is 19.4 Å². The van der Waals surface area contributed by atoms with Crippen LogP contribution in [0.25, 0.3) is 0 Å². The summed E-state index contributed by atoms with van der Waals surface area (Å²) in [5.74, 6) is 1.19. The molecule has 3 aromatic rings. The van der Waals surface area contributed by atoms with E-state index in [0.29, 0.717) is 27.9 Å². The molecule has 0 aromatic heterocycles. The molecule has 36 heavy (non-hydrogen) atoms. The molecule has 0 radical (unpaired) electrons. The molecule has 0 aliphatic carbocycles. The Morgan fingerprint density at radius 1 is 0.972 bits per heavy atom. The Labute approximate surface area is 210 Å². The van der Waals surface area contributed by atoms with Gasteiger partial charge in [0.1, 0.15) is 11.5 Å². The third-order valence-corrected chi connectivity index (χ3v) is 6.26. The molecule has 188 valence electrons. The zero-order chi connectivity index (χ0) is 25.9. The van der Waals surface area contributed by atoms with Gasteiger partial charge in [-0.15, -0.1) is 0 Å². The lowest BCUT2D eigenvalue weighted by Gasteiger charge is -2.38. The van der Waals surface area contributed by atoms with Crippen molar-refractivity contribution in [1.29, 1.82) is 0 Å². The number of carbonyl (C=O) groups is 2. The van der Waals surface area contributed by atoms with Gasteiger partial charge in [0.05, 0.1) is 19.8 Å². The van der Waals surface area contributed by atoms with Crippen molar-refractivity contribution in [3.05, 3.63) is 84.4 Å². The van der Waals surface area contributed by atoms with E-state index >= 15 is 0 Å². The van der Waals surface area contributed by atoms with E-state index in [4.69, 9.17) is 9.47 Å². The highest BCUT2D eigenvalue weighted by atomic mass is 16.5. The molecule has 9 heteroatoms. The molecule has 3 aromatic carbocycles. The fourth-order valence-electron chi connectivity index (χ4n) is 4.41. The molecule has 4 rings (SSSR count). The maximum absolute atomic E-state index is 13.9. The molecule has 0 bridgehead atoms. The summed E-state index contributed by atoms with van der Waals surface area (Å²) >= 11 is 0. The third-order valence-electron chi connectivity index (χ3n) is 6.26. The number of nitrogens with one attached hydrogen (secondary N) is 1. The minimum Gasteiger partial charge on any atom is -0.497 e. The number of anilines is 2. The lowest BCUT2D eigenvalue weighted by atomic mass is 9.99. The van der Waals surface area contributed by atoms with E-state index in [0.717, 1.165) is 5.56 Å². The van der Waals surface area contributed by atoms with Crippen LogP contribution in [0, 0.1) is 0 Å². The summed E-state index contributed by atoms with van der Waals surface area (Å²) in [4.78, 5) is 30.0. The molecule has 1 atom stereocenters. The van der Waals surface area contributed by atoms with E-state index < -0.39 is 17.7 Å². The molecule has 9 nitrogen and oxygen atoms in total. The van der Waals surface area contributed by atoms with E-state index in [1.807, 2.05) is 38.1 Å². The quantitative estimate of drug-likeness (QED) is 0.352. The Bertz CT molecular complexity index is 1200. The van der Waals surface area contributed by atoms with Gasteiger partial charge in [-0.1, -0.05) is 36.4 Å². The number of ether oxygens (including phenoxy) is 2. The van der Waals surface area contributed by atoms with Crippen LogP contribution in [0.15, 0.2) is 78.9 Å². The number of nitrogens with zero attached hydrogens (tertiary/aromatic N) is 3. The Balaban J connectivity index is 1.71. The Kier molecular flexibility index (Phi) is 7.03. The molecule has 2 N–H and O–H groups in total. The van der Waals surface area contributed by atoms with E-state index in [2.05, 4.69) is 5.32 Å². The van der Waals surface area contributed by atoms with Crippen molar-refractivity contribution < 1.29 is 24.3 Å². The molecule has 1 saturated heterocycles. The van der Waals surface area contributed by atoms with E-state index in [-0.39, 0.29) is 12.6 Å². The van der Waals surface area contributed by atoms with Gasteiger partial charge in [-0.3, -0.25) is 10.1 Å². The second-order valence-electron chi connectivity index (χ2n) is 8.96. The van der Waals surface area contributed by atoms with Crippen molar-refractivity contribution in [2.75, 3.05) is 24.4 Å². The van der Waals surface area contributed by atoms with Crippen LogP contribution in [0.4, 0.5) is 21.0 Å². The molecule has 0 unspecified atom stereocenters. The predicted molar refractivity (Wildman–Crippen MR) is 136 cm³/mol. The lowest BCUT2D eigenvalue weighted by Crippen LogP contribution is -2.58. The largest absolute Gasteiger partial charge is 0.497 e. The number of hydroxylamine groups is 2. The van der Waals surface area contributed by atoms with Crippen LogP contribution >= 0.6 is 0 Å². The van der Waals surface area contributed by atoms with E-state index in [1.54, 1.807) is 73.7 Å². The smallest absolute Gasteiger partial charge is 0.347 e. The van der Waals surface area contributed by atoms with Gasteiger partial charge < -0.3 is 19.7 Å².